The second-order valence-corrected chi connectivity index (χ2v) is 5.12. The summed E-state index contributed by atoms with van der Waals surface area (Å²) in [4.78, 5) is 24.5. The Labute approximate surface area is 110 Å². The summed E-state index contributed by atoms with van der Waals surface area (Å²) in [5.41, 5.74) is 0. The van der Waals surface area contributed by atoms with Gasteiger partial charge in [0.05, 0.1) is 6.04 Å². The van der Waals surface area contributed by atoms with Crippen LogP contribution in [0.4, 0.5) is 4.79 Å². The molecule has 17 heavy (non-hydrogen) atoms. The Balaban J connectivity index is 2.59. The number of imide groups is 1. The van der Waals surface area contributed by atoms with Gasteiger partial charge in [0, 0.05) is 5.33 Å². The molecule has 2 amide bonds. The van der Waals surface area contributed by atoms with Crippen molar-refractivity contribution in [2.24, 2.45) is 5.92 Å². The molecule has 96 valence electrons. The number of cyclic esters (lactones) is 1. The Morgan fingerprint density at radius 1 is 1.65 bits per heavy atom. The van der Waals surface area contributed by atoms with Crippen molar-refractivity contribution in [3.05, 3.63) is 12.2 Å². The lowest BCUT2D eigenvalue weighted by molar-refractivity contribution is -0.124. The third-order valence-corrected chi connectivity index (χ3v) is 3.24. The highest BCUT2D eigenvalue weighted by Gasteiger charge is 2.38. The number of rotatable bonds is 5. The molecule has 1 saturated heterocycles. The third-order valence-electron chi connectivity index (χ3n) is 2.68. The molecule has 1 aliphatic heterocycles. The summed E-state index contributed by atoms with van der Waals surface area (Å²) >= 11 is 3.32. The molecule has 0 saturated carbocycles. The summed E-state index contributed by atoms with van der Waals surface area (Å²) in [5.74, 6) is -0.0675. The first-order chi connectivity index (χ1) is 8.07. The minimum Gasteiger partial charge on any atom is -0.447 e. The van der Waals surface area contributed by atoms with Gasteiger partial charge in [-0.1, -0.05) is 35.9 Å². The van der Waals surface area contributed by atoms with Crippen molar-refractivity contribution in [2.75, 3.05) is 11.9 Å². The maximum Gasteiger partial charge on any atom is 0.417 e. The largest absolute Gasteiger partial charge is 0.447 e. The van der Waals surface area contributed by atoms with Crippen LogP contribution in [-0.2, 0) is 9.53 Å². The topological polar surface area (TPSA) is 46.6 Å². The number of nitrogens with zero attached hydrogens (tertiary/aromatic N) is 1. The van der Waals surface area contributed by atoms with E-state index in [4.69, 9.17) is 4.74 Å². The van der Waals surface area contributed by atoms with Gasteiger partial charge in [-0.3, -0.25) is 4.79 Å². The van der Waals surface area contributed by atoms with Crippen LogP contribution in [-0.4, -0.2) is 34.9 Å². The molecule has 1 atom stereocenters. The van der Waals surface area contributed by atoms with Gasteiger partial charge in [-0.05, 0) is 24.8 Å². The van der Waals surface area contributed by atoms with Crippen LogP contribution >= 0.6 is 15.9 Å². The van der Waals surface area contributed by atoms with E-state index in [1.165, 1.54) is 11.0 Å². The molecule has 0 spiro atoms. The zero-order valence-electron chi connectivity index (χ0n) is 10.2. The average Bonchev–Trinajstić information content (AvgIpc) is 2.66. The molecule has 0 unspecified atom stereocenters. The van der Waals surface area contributed by atoms with Gasteiger partial charge in [0.1, 0.15) is 6.61 Å². The van der Waals surface area contributed by atoms with Gasteiger partial charge in [0.15, 0.2) is 0 Å². The van der Waals surface area contributed by atoms with Gasteiger partial charge < -0.3 is 4.74 Å². The predicted molar refractivity (Wildman–Crippen MR) is 69.0 cm³/mol. The predicted octanol–water partition coefficient (Wildman–Crippen LogP) is 2.72. The summed E-state index contributed by atoms with van der Waals surface area (Å²) in [6.07, 6.45) is 4.53. The molecule has 0 radical (unpaired) electrons. The third kappa shape index (κ3) is 3.84. The van der Waals surface area contributed by atoms with Gasteiger partial charge in [0.25, 0.3) is 5.91 Å². The molecule has 1 fully saturated rings. The average molecular weight is 304 g/mol. The number of hydrogen-bond acceptors (Lipinski definition) is 3. The van der Waals surface area contributed by atoms with Crippen LogP contribution in [0, 0.1) is 5.92 Å². The molecular formula is C12H18BrNO3. The van der Waals surface area contributed by atoms with Gasteiger partial charge in [-0.15, -0.1) is 0 Å². The van der Waals surface area contributed by atoms with E-state index in [-0.39, 0.29) is 17.9 Å². The van der Waals surface area contributed by atoms with E-state index in [1.807, 2.05) is 13.8 Å². The lowest BCUT2D eigenvalue weighted by Crippen LogP contribution is -2.40. The normalized spacial score (nSPS) is 20.4. The van der Waals surface area contributed by atoms with E-state index in [2.05, 4.69) is 15.9 Å². The SMILES string of the molecule is CC(C)[C@H]1COC(=O)N1C(=O)/C=C/CCCBr. The van der Waals surface area contributed by atoms with Crippen molar-refractivity contribution in [1.29, 1.82) is 0 Å². The molecule has 0 aromatic heterocycles. The van der Waals surface area contributed by atoms with Crippen molar-refractivity contribution in [2.45, 2.75) is 32.7 Å². The highest BCUT2D eigenvalue weighted by molar-refractivity contribution is 9.09. The number of halogens is 1. The van der Waals surface area contributed by atoms with Crippen LogP contribution < -0.4 is 0 Å². The summed E-state index contributed by atoms with van der Waals surface area (Å²) in [7, 11) is 0. The highest BCUT2D eigenvalue weighted by atomic mass is 79.9. The maximum absolute atomic E-state index is 11.9. The fourth-order valence-corrected chi connectivity index (χ4v) is 1.96. The molecule has 4 nitrogen and oxygen atoms in total. The van der Waals surface area contributed by atoms with Crippen molar-refractivity contribution in [3.63, 3.8) is 0 Å². The van der Waals surface area contributed by atoms with Gasteiger partial charge in [0.2, 0.25) is 0 Å². The first kappa shape index (κ1) is 14.2. The highest BCUT2D eigenvalue weighted by Crippen LogP contribution is 2.19. The maximum atomic E-state index is 11.9. The molecular weight excluding hydrogens is 286 g/mol. The first-order valence-corrected chi connectivity index (χ1v) is 6.92. The summed E-state index contributed by atoms with van der Waals surface area (Å²) in [6, 6.07) is -0.143. The van der Waals surface area contributed by atoms with E-state index >= 15 is 0 Å². The lowest BCUT2D eigenvalue weighted by Gasteiger charge is -2.20. The van der Waals surface area contributed by atoms with E-state index in [0.29, 0.717) is 6.61 Å². The fraction of sp³-hybridized carbons (Fsp3) is 0.667. The quantitative estimate of drug-likeness (QED) is 0.446. The van der Waals surface area contributed by atoms with E-state index < -0.39 is 6.09 Å². The molecule has 1 heterocycles. The Morgan fingerprint density at radius 2 is 2.35 bits per heavy atom. The van der Waals surface area contributed by atoms with Crippen LogP contribution in [0.2, 0.25) is 0 Å². The van der Waals surface area contributed by atoms with Crippen molar-refractivity contribution in [3.8, 4) is 0 Å². The van der Waals surface area contributed by atoms with Crippen LogP contribution in [0.25, 0.3) is 0 Å². The van der Waals surface area contributed by atoms with Crippen LogP contribution in [0.5, 0.6) is 0 Å². The van der Waals surface area contributed by atoms with Crippen molar-refractivity contribution < 1.29 is 14.3 Å². The molecule has 0 N–H and O–H groups in total. The molecule has 1 rings (SSSR count). The minimum atomic E-state index is -0.529. The second kappa shape index (κ2) is 6.79. The Hall–Kier alpha value is -0.840. The monoisotopic (exact) mass is 303 g/mol. The van der Waals surface area contributed by atoms with E-state index in [0.717, 1.165) is 18.2 Å². The Kier molecular flexibility index (Phi) is 5.68. The number of carbonyl (C=O) groups excluding carboxylic acids is 2. The van der Waals surface area contributed by atoms with Crippen molar-refractivity contribution in [1.82, 2.24) is 4.90 Å². The molecule has 5 heteroatoms. The fourth-order valence-electron chi connectivity index (χ4n) is 1.64. The molecule has 0 bridgehead atoms. The zero-order chi connectivity index (χ0) is 12.8. The Morgan fingerprint density at radius 3 is 2.94 bits per heavy atom. The summed E-state index contributed by atoms with van der Waals surface area (Å²) in [6.45, 7) is 4.25. The molecule has 0 aromatic rings. The summed E-state index contributed by atoms with van der Waals surface area (Å²) in [5, 5.41) is 0.909. The van der Waals surface area contributed by atoms with Crippen LogP contribution in [0.3, 0.4) is 0 Å². The molecule has 0 aliphatic carbocycles. The smallest absolute Gasteiger partial charge is 0.417 e. The number of amides is 2. The van der Waals surface area contributed by atoms with E-state index in [9.17, 15) is 9.59 Å². The van der Waals surface area contributed by atoms with E-state index in [1.54, 1.807) is 6.08 Å². The first-order valence-electron chi connectivity index (χ1n) is 5.80. The number of carbonyl (C=O) groups is 2. The van der Waals surface area contributed by atoms with Crippen molar-refractivity contribution >= 4 is 27.9 Å². The van der Waals surface area contributed by atoms with Crippen LogP contribution in [0.1, 0.15) is 26.7 Å². The zero-order valence-corrected chi connectivity index (χ0v) is 11.8. The van der Waals surface area contributed by atoms with Crippen LogP contribution in [0.15, 0.2) is 12.2 Å². The minimum absolute atomic E-state index is 0.143. The number of hydrogen-bond donors (Lipinski definition) is 0. The number of alkyl halides is 1. The molecule has 1 aliphatic rings. The standard InChI is InChI=1S/C12H18BrNO3/c1-9(2)10-8-17-12(16)14(10)11(15)6-4-3-5-7-13/h4,6,9-10H,3,5,7-8H2,1-2H3/b6-4+/t10-/m1/s1. The Bertz CT molecular complexity index is 315. The second-order valence-electron chi connectivity index (χ2n) is 4.33. The van der Waals surface area contributed by atoms with Gasteiger partial charge in [-0.25, -0.2) is 9.69 Å². The number of unbranched alkanes of at least 4 members (excludes halogenated alkanes) is 1. The van der Waals surface area contributed by atoms with Gasteiger partial charge in [-0.2, -0.15) is 0 Å². The summed E-state index contributed by atoms with van der Waals surface area (Å²) < 4.78 is 4.91. The molecule has 0 aromatic carbocycles. The number of ether oxygens (including phenoxy) is 1. The lowest BCUT2D eigenvalue weighted by atomic mass is 10.0. The van der Waals surface area contributed by atoms with Gasteiger partial charge >= 0.3 is 6.09 Å². The number of allylic oxidation sites excluding steroid dienone is 1.